The predicted molar refractivity (Wildman–Crippen MR) is 127 cm³/mol. The molecule has 1 atom stereocenters. The summed E-state index contributed by atoms with van der Waals surface area (Å²) in [5.74, 6) is -0.0896. The normalized spacial score (nSPS) is 15.6. The Balaban J connectivity index is 1.53. The molecule has 0 radical (unpaired) electrons. The molecule has 35 heavy (non-hydrogen) atoms. The fourth-order valence-corrected chi connectivity index (χ4v) is 4.37. The summed E-state index contributed by atoms with van der Waals surface area (Å²) in [6.45, 7) is 1.08. The molecular weight excluding hydrogens is 472 g/mol. The number of hydrazone groups is 1. The van der Waals surface area contributed by atoms with Crippen molar-refractivity contribution in [1.29, 1.82) is 0 Å². The van der Waals surface area contributed by atoms with Gasteiger partial charge in [-0.3, -0.25) is 4.79 Å². The molecule has 0 saturated heterocycles. The molecule has 0 fully saturated rings. The van der Waals surface area contributed by atoms with E-state index in [1.165, 1.54) is 29.5 Å². The van der Waals surface area contributed by atoms with Crippen molar-refractivity contribution in [2.24, 2.45) is 5.10 Å². The van der Waals surface area contributed by atoms with Crippen LogP contribution in [0.4, 0.5) is 0 Å². The van der Waals surface area contributed by atoms with Crippen LogP contribution in [0.15, 0.2) is 75.3 Å². The van der Waals surface area contributed by atoms with E-state index in [1.807, 2.05) is 12.1 Å². The number of hydrogen-bond donors (Lipinski definition) is 0. The summed E-state index contributed by atoms with van der Waals surface area (Å²) >= 11 is 0. The summed E-state index contributed by atoms with van der Waals surface area (Å²) in [5, 5.41) is 5.75. The molecule has 0 N–H and O–H groups in total. The molecule has 1 amide bonds. The number of carbonyl (C=O) groups is 2. The molecule has 182 valence electrons. The van der Waals surface area contributed by atoms with Crippen LogP contribution in [0, 0.1) is 6.92 Å². The third-order valence-corrected chi connectivity index (χ3v) is 6.75. The molecule has 2 heterocycles. The number of benzene rings is 2. The van der Waals surface area contributed by atoms with Gasteiger partial charge in [0.25, 0.3) is 5.91 Å². The van der Waals surface area contributed by atoms with Crippen LogP contribution in [0.25, 0.3) is 0 Å². The lowest BCUT2D eigenvalue weighted by molar-refractivity contribution is -0.136. The smallest absolute Gasteiger partial charge is 0.338 e. The lowest BCUT2D eigenvalue weighted by Crippen LogP contribution is -2.31. The maximum Gasteiger partial charge on any atom is 0.338 e. The lowest BCUT2D eigenvalue weighted by Gasteiger charge is -2.19. The van der Waals surface area contributed by atoms with Crippen molar-refractivity contribution in [3.63, 3.8) is 0 Å². The van der Waals surface area contributed by atoms with Gasteiger partial charge in [-0.05, 0) is 66.6 Å². The number of nitrogens with zero attached hydrogens (tertiary/aromatic N) is 2. The summed E-state index contributed by atoms with van der Waals surface area (Å²) in [6.07, 6.45) is 2.98. The van der Waals surface area contributed by atoms with E-state index >= 15 is 0 Å². The summed E-state index contributed by atoms with van der Waals surface area (Å²) in [7, 11) is -1.93. The quantitative estimate of drug-likeness (QED) is 0.460. The Hall–Kier alpha value is -3.92. The van der Waals surface area contributed by atoms with Crippen molar-refractivity contribution in [1.82, 2.24) is 5.01 Å². The van der Waals surface area contributed by atoms with Crippen LogP contribution in [0.5, 0.6) is 5.75 Å². The zero-order chi connectivity index (χ0) is 25.2. The van der Waals surface area contributed by atoms with E-state index in [0.717, 1.165) is 11.8 Å². The highest BCUT2D eigenvalue weighted by Crippen LogP contribution is 2.33. The summed E-state index contributed by atoms with van der Waals surface area (Å²) < 4.78 is 39.7. The zero-order valence-electron chi connectivity index (χ0n) is 19.4. The number of carbonyl (C=O) groups excluding carboxylic acids is 2. The molecule has 0 unspecified atom stereocenters. The van der Waals surface area contributed by atoms with Crippen molar-refractivity contribution < 1.29 is 31.9 Å². The molecule has 0 aliphatic carbocycles. The van der Waals surface area contributed by atoms with Gasteiger partial charge in [0.05, 0.1) is 29.5 Å². The minimum atomic E-state index is -3.51. The van der Waals surface area contributed by atoms with E-state index in [4.69, 9.17) is 13.9 Å². The number of esters is 1. The fraction of sp³-hybridized carbons (Fsp3) is 0.240. The second-order valence-corrected chi connectivity index (χ2v) is 10.1. The van der Waals surface area contributed by atoms with Crippen LogP contribution >= 0.6 is 0 Å². The Morgan fingerprint density at radius 3 is 2.51 bits per heavy atom. The third-order valence-electron chi connectivity index (χ3n) is 5.64. The fourth-order valence-electron chi connectivity index (χ4n) is 3.72. The Morgan fingerprint density at radius 2 is 1.89 bits per heavy atom. The Labute approximate surface area is 202 Å². The van der Waals surface area contributed by atoms with Gasteiger partial charge in [0, 0.05) is 12.7 Å². The van der Waals surface area contributed by atoms with Crippen LogP contribution in [0.1, 0.15) is 39.7 Å². The molecular formula is C25H24N2O7S. The second-order valence-electron chi connectivity index (χ2n) is 8.07. The van der Waals surface area contributed by atoms with Gasteiger partial charge in [-0.15, -0.1) is 0 Å². The lowest BCUT2D eigenvalue weighted by atomic mass is 10.0. The van der Waals surface area contributed by atoms with E-state index in [9.17, 15) is 18.0 Å². The van der Waals surface area contributed by atoms with Gasteiger partial charge in [-0.1, -0.05) is 6.07 Å². The average Bonchev–Trinajstić information content (AvgIpc) is 3.52. The third kappa shape index (κ3) is 5.27. The van der Waals surface area contributed by atoms with Crippen LogP contribution in [-0.2, 0) is 19.4 Å². The van der Waals surface area contributed by atoms with Crippen molar-refractivity contribution >= 4 is 27.4 Å². The predicted octanol–water partition coefficient (Wildman–Crippen LogP) is 3.53. The monoisotopic (exact) mass is 496 g/mol. The van der Waals surface area contributed by atoms with Crippen molar-refractivity contribution in [2.45, 2.75) is 24.3 Å². The minimum Gasteiger partial charge on any atom is -0.497 e. The zero-order valence-corrected chi connectivity index (χ0v) is 20.2. The topological polar surface area (TPSA) is 115 Å². The number of sulfone groups is 1. The molecule has 1 aliphatic rings. The number of aryl methyl sites for hydroxylation is 1. The first-order valence-electron chi connectivity index (χ1n) is 10.7. The highest BCUT2D eigenvalue weighted by atomic mass is 32.2. The molecule has 9 nitrogen and oxygen atoms in total. The first-order valence-corrected chi connectivity index (χ1v) is 12.6. The SMILES string of the molecule is COc1ccc(C2=NN(C(=O)COC(=O)c3cc(S(C)(=O)=O)ccc3C)[C@@H](c3ccco3)C2)cc1. The number of furan rings is 1. The Bertz CT molecular complexity index is 1380. The van der Waals surface area contributed by atoms with E-state index < -0.39 is 34.4 Å². The second kappa shape index (κ2) is 9.75. The average molecular weight is 497 g/mol. The number of ether oxygens (including phenoxy) is 2. The molecule has 1 aromatic heterocycles. The molecule has 0 saturated carbocycles. The largest absolute Gasteiger partial charge is 0.497 e. The molecule has 3 aromatic rings. The van der Waals surface area contributed by atoms with Gasteiger partial charge in [-0.25, -0.2) is 18.2 Å². The standard InChI is InChI=1S/C25H24N2O7S/c1-16-6-11-19(35(3,30)31)13-20(16)25(29)34-15-24(28)27-22(23-5-4-12-33-23)14-21(26-27)17-7-9-18(32-2)10-8-17/h4-13,22H,14-15H2,1-3H3/t22-/m1/s1. The first kappa shape index (κ1) is 24.2. The Morgan fingerprint density at radius 1 is 1.14 bits per heavy atom. The van der Waals surface area contributed by atoms with Crippen LogP contribution < -0.4 is 4.74 Å². The van der Waals surface area contributed by atoms with E-state index in [2.05, 4.69) is 5.10 Å². The highest BCUT2D eigenvalue weighted by molar-refractivity contribution is 7.90. The van der Waals surface area contributed by atoms with Crippen LogP contribution in [-0.4, -0.2) is 51.0 Å². The molecule has 2 aromatic carbocycles. The van der Waals surface area contributed by atoms with Gasteiger partial charge < -0.3 is 13.9 Å². The Kier molecular flexibility index (Phi) is 6.74. The van der Waals surface area contributed by atoms with Crippen molar-refractivity contribution in [3.05, 3.63) is 83.3 Å². The number of hydrogen-bond acceptors (Lipinski definition) is 8. The maximum atomic E-state index is 13.1. The van der Waals surface area contributed by atoms with Gasteiger partial charge in [0.15, 0.2) is 16.4 Å². The van der Waals surface area contributed by atoms with E-state index in [0.29, 0.717) is 29.2 Å². The number of amides is 1. The molecule has 0 bridgehead atoms. The maximum absolute atomic E-state index is 13.1. The highest BCUT2D eigenvalue weighted by Gasteiger charge is 2.35. The minimum absolute atomic E-state index is 0.00691. The molecule has 4 rings (SSSR count). The van der Waals surface area contributed by atoms with Gasteiger partial charge in [0.2, 0.25) is 0 Å². The molecule has 10 heteroatoms. The van der Waals surface area contributed by atoms with E-state index in [1.54, 1.807) is 38.3 Å². The van der Waals surface area contributed by atoms with Crippen LogP contribution in [0.3, 0.4) is 0 Å². The summed E-state index contributed by atoms with van der Waals surface area (Å²) in [5.41, 5.74) is 2.10. The summed E-state index contributed by atoms with van der Waals surface area (Å²) in [4.78, 5) is 25.7. The summed E-state index contributed by atoms with van der Waals surface area (Å²) in [6, 6.07) is 14.5. The first-order chi connectivity index (χ1) is 16.7. The van der Waals surface area contributed by atoms with Crippen molar-refractivity contribution in [2.75, 3.05) is 20.0 Å². The molecule has 0 spiro atoms. The number of rotatable bonds is 7. The van der Waals surface area contributed by atoms with Gasteiger partial charge in [-0.2, -0.15) is 5.10 Å². The van der Waals surface area contributed by atoms with Crippen LogP contribution in [0.2, 0.25) is 0 Å². The van der Waals surface area contributed by atoms with Gasteiger partial charge in [0.1, 0.15) is 17.6 Å². The van der Waals surface area contributed by atoms with Gasteiger partial charge >= 0.3 is 5.97 Å². The molecule has 1 aliphatic heterocycles. The van der Waals surface area contributed by atoms with E-state index in [-0.39, 0.29) is 10.5 Å². The number of methoxy groups -OCH3 is 1. The van der Waals surface area contributed by atoms with Crippen molar-refractivity contribution in [3.8, 4) is 5.75 Å².